The van der Waals surface area contributed by atoms with Crippen molar-refractivity contribution >= 4 is 0 Å². The Morgan fingerprint density at radius 2 is 1.83 bits per heavy atom. The third-order valence-electron chi connectivity index (χ3n) is 3.23. The van der Waals surface area contributed by atoms with Gasteiger partial charge in [0.05, 0.1) is 12.2 Å². The lowest BCUT2D eigenvalue weighted by Crippen LogP contribution is -2.29. The SMILES string of the molecule is CC[C@H]1C[C@@H](C(C)C)[C@H](O)[C@@H]1O. The van der Waals surface area contributed by atoms with Crippen molar-refractivity contribution in [3.05, 3.63) is 0 Å². The van der Waals surface area contributed by atoms with Crippen molar-refractivity contribution in [1.82, 2.24) is 0 Å². The van der Waals surface area contributed by atoms with Crippen molar-refractivity contribution in [3.8, 4) is 0 Å². The molecule has 2 nitrogen and oxygen atoms in total. The highest BCUT2D eigenvalue weighted by Gasteiger charge is 2.41. The van der Waals surface area contributed by atoms with Crippen LogP contribution in [0.15, 0.2) is 0 Å². The standard InChI is InChI=1S/C10H20O2/c1-4-7-5-8(6(2)3)10(12)9(7)11/h6-12H,4-5H2,1-3H3/t7-,8-,9+,10-/m0/s1. The van der Waals surface area contributed by atoms with E-state index in [1.807, 2.05) is 0 Å². The molecule has 4 atom stereocenters. The summed E-state index contributed by atoms with van der Waals surface area (Å²) >= 11 is 0. The van der Waals surface area contributed by atoms with Crippen LogP contribution in [0.5, 0.6) is 0 Å². The highest BCUT2D eigenvalue weighted by atomic mass is 16.3. The summed E-state index contributed by atoms with van der Waals surface area (Å²) in [4.78, 5) is 0. The van der Waals surface area contributed by atoms with Gasteiger partial charge < -0.3 is 10.2 Å². The van der Waals surface area contributed by atoms with Crippen LogP contribution in [0.1, 0.15) is 33.6 Å². The molecule has 0 aromatic heterocycles. The number of hydrogen-bond donors (Lipinski definition) is 2. The maximum absolute atomic E-state index is 9.68. The zero-order chi connectivity index (χ0) is 9.30. The van der Waals surface area contributed by atoms with Crippen LogP contribution < -0.4 is 0 Å². The van der Waals surface area contributed by atoms with Crippen LogP contribution in [0.3, 0.4) is 0 Å². The van der Waals surface area contributed by atoms with Gasteiger partial charge in [0.1, 0.15) is 0 Å². The van der Waals surface area contributed by atoms with Crippen LogP contribution in [0, 0.1) is 17.8 Å². The minimum absolute atomic E-state index is 0.296. The highest BCUT2D eigenvalue weighted by Crippen LogP contribution is 2.37. The van der Waals surface area contributed by atoms with E-state index in [4.69, 9.17) is 0 Å². The van der Waals surface area contributed by atoms with Crippen molar-refractivity contribution in [3.63, 3.8) is 0 Å². The van der Waals surface area contributed by atoms with Gasteiger partial charge in [-0.15, -0.1) is 0 Å². The summed E-state index contributed by atoms with van der Waals surface area (Å²) < 4.78 is 0. The number of hydrogen-bond acceptors (Lipinski definition) is 2. The van der Waals surface area contributed by atoms with E-state index >= 15 is 0 Å². The predicted molar refractivity (Wildman–Crippen MR) is 48.7 cm³/mol. The summed E-state index contributed by atoms with van der Waals surface area (Å²) in [5.41, 5.74) is 0. The molecule has 2 heteroatoms. The van der Waals surface area contributed by atoms with Gasteiger partial charge in [-0.3, -0.25) is 0 Å². The Hall–Kier alpha value is -0.0800. The second-order valence-electron chi connectivity index (χ2n) is 4.29. The topological polar surface area (TPSA) is 40.5 Å². The second kappa shape index (κ2) is 3.75. The van der Waals surface area contributed by atoms with Gasteiger partial charge in [0.2, 0.25) is 0 Å². The minimum Gasteiger partial charge on any atom is -0.390 e. The fourth-order valence-electron chi connectivity index (χ4n) is 2.24. The average molecular weight is 172 g/mol. The maximum atomic E-state index is 9.68. The van der Waals surface area contributed by atoms with E-state index in [1.54, 1.807) is 0 Å². The number of aliphatic hydroxyl groups is 2. The lowest BCUT2D eigenvalue weighted by atomic mass is 9.91. The van der Waals surface area contributed by atoms with Gasteiger partial charge in [-0.1, -0.05) is 27.2 Å². The van der Waals surface area contributed by atoms with Gasteiger partial charge in [-0.2, -0.15) is 0 Å². The summed E-state index contributed by atoms with van der Waals surface area (Å²) in [6.45, 7) is 6.29. The molecule has 0 amide bonds. The molecular weight excluding hydrogens is 152 g/mol. The van der Waals surface area contributed by atoms with Crippen molar-refractivity contribution in [2.24, 2.45) is 17.8 Å². The maximum Gasteiger partial charge on any atom is 0.0832 e. The Kier molecular flexibility index (Phi) is 3.13. The van der Waals surface area contributed by atoms with E-state index in [-0.39, 0.29) is 0 Å². The molecule has 1 saturated carbocycles. The zero-order valence-corrected chi connectivity index (χ0v) is 8.20. The first-order valence-electron chi connectivity index (χ1n) is 4.94. The van der Waals surface area contributed by atoms with Crippen LogP contribution >= 0.6 is 0 Å². The lowest BCUT2D eigenvalue weighted by Gasteiger charge is -2.19. The molecule has 0 radical (unpaired) electrons. The molecule has 0 aliphatic heterocycles. The Balaban J connectivity index is 2.60. The van der Waals surface area contributed by atoms with Gasteiger partial charge >= 0.3 is 0 Å². The van der Waals surface area contributed by atoms with Gasteiger partial charge in [-0.05, 0) is 24.2 Å². The Morgan fingerprint density at radius 3 is 2.08 bits per heavy atom. The van der Waals surface area contributed by atoms with E-state index in [9.17, 15) is 10.2 Å². The fourth-order valence-corrected chi connectivity index (χ4v) is 2.24. The molecule has 1 aliphatic carbocycles. The smallest absolute Gasteiger partial charge is 0.0832 e. The number of rotatable bonds is 2. The first-order chi connectivity index (χ1) is 5.57. The van der Waals surface area contributed by atoms with E-state index in [0.717, 1.165) is 12.8 Å². The molecule has 0 aromatic carbocycles. The molecule has 1 fully saturated rings. The largest absolute Gasteiger partial charge is 0.390 e. The predicted octanol–water partition coefficient (Wildman–Crippen LogP) is 1.41. The average Bonchev–Trinajstić information content (AvgIpc) is 2.30. The van der Waals surface area contributed by atoms with E-state index in [0.29, 0.717) is 17.8 Å². The monoisotopic (exact) mass is 172 g/mol. The molecule has 1 rings (SSSR count). The van der Waals surface area contributed by atoms with E-state index in [2.05, 4.69) is 20.8 Å². The zero-order valence-electron chi connectivity index (χ0n) is 8.20. The van der Waals surface area contributed by atoms with Gasteiger partial charge in [-0.25, -0.2) is 0 Å². The summed E-state index contributed by atoms with van der Waals surface area (Å²) in [6.07, 6.45) is 0.982. The molecular formula is C10H20O2. The van der Waals surface area contributed by atoms with Crippen molar-refractivity contribution in [2.45, 2.75) is 45.8 Å². The molecule has 0 spiro atoms. The van der Waals surface area contributed by atoms with Gasteiger partial charge in [0, 0.05) is 0 Å². The molecule has 1 aliphatic rings. The molecule has 12 heavy (non-hydrogen) atoms. The molecule has 0 unspecified atom stereocenters. The molecule has 2 N–H and O–H groups in total. The molecule has 0 saturated heterocycles. The van der Waals surface area contributed by atoms with Crippen molar-refractivity contribution in [1.29, 1.82) is 0 Å². The third kappa shape index (κ3) is 1.64. The Labute approximate surface area is 74.6 Å². The van der Waals surface area contributed by atoms with Crippen LogP contribution in [0.2, 0.25) is 0 Å². The number of aliphatic hydroxyl groups excluding tert-OH is 2. The first kappa shape index (κ1) is 10.0. The Bertz CT molecular complexity index is 145. The summed E-state index contributed by atoms with van der Waals surface area (Å²) in [7, 11) is 0. The third-order valence-corrected chi connectivity index (χ3v) is 3.23. The van der Waals surface area contributed by atoms with Crippen molar-refractivity contribution < 1.29 is 10.2 Å². The van der Waals surface area contributed by atoms with Crippen LogP contribution in [0.25, 0.3) is 0 Å². The molecule has 0 bridgehead atoms. The fraction of sp³-hybridized carbons (Fsp3) is 1.00. The minimum atomic E-state index is -0.491. The van der Waals surface area contributed by atoms with Gasteiger partial charge in [0.25, 0.3) is 0 Å². The van der Waals surface area contributed by atoms with Crippen LogP contribution in [0.4, 0.5) is 0 Å². The van der Waals surface area contributed by atoms with E-state index in [1.165, 1.54) is 0 Å². The normalized spacial score (nSPS) is 42.5. The van der Waals surface area contributed by atoms with Gasteiger partial charge in [0.15, 0.2) is 0 Å². The quantitative estimate of drug-likeness (QED) is 0.661. The first-order valence-corrected chi connectivity index (χ1v) is 4.94. The summed E-state index contributed by atoms with van der Waals surface area (Å²) in [5.74, 6) is 1.09. The van der Waals surface area contributed by atoms with Crippen LogP contribution in [-0.2, 0) is 0 Å². The lowest BCUT2D eigenvalue weighted by molar-refractivity contribution is -0.00419. The summed E-state index contributed by atoms with van der Waals surface area (Å²) in [6, 6.07) is 0. The summed E-state index contributed by atoms with van der Waals surface area (Å²) in [5, 5.41) is 19.3. The molecule has 0 heterocycles. The van der Waals surface area contributed by atoms with Crippen LogP contribution in [-0.4, -0.2) is 22.4 Å². The highest BCUT2D eigenvalue weighted by molar-refractivity contribution is 4.91. The van der Waals surface area contributed by atoms with Crippen molar-refractivity contribution in [2.75, 3.05) is 0 Å². The Morgan fingerprint density at radius 1 is 1.25 bits per heavy atom. The van der Waals surface area contributed by atoms with E-state index < -0.39 is 12.2 Å². The second-order valence-corrected chi connectivity index (χ2v) is 4.29. The molecule has 0 aromatic rings. The molecule has 72 valence electrons.